The molecule has 1 aromatic carbocycles. The van der Waals surface area contributed by atoms with E-state index in [0.29, 0.717) is 5.92 Å². The Bertz CT molecular complexity index is 456. The summed E-state index contributed by atoms with van der Waals surface area (Å²) in [5.41, 5.74) is 0.946. The maximum absolute atomic E-state index is 10.8. The van der Waals surface area contributed by atoms with Crippen molar-refractivity contribution in [1.29, 1.82) is 0 Å². The van der Waals surface area contributed by atoms with Gasteiger partial charge >= 0.3 is 0 Å². The maximum atomic E-state index is 10.8. The van der Waals surface area contributed by atoms with Gasteiger partial charge in [0.05, 0.1) is 6.10 Å². The molecule has 1 aromatic rings. The molecule has 0 spiro atoms. The third kappa shape index (κ3) is 1.94. The summed E-state index contributed by atoms with van der Waals surface area (Å²) in [5, 5.41) is 11.6. The van der Waals surface area contributed by atoms with Crippen LogP contribution in [-0.2, 0) is 0 Å². The molecule has 1 nitrogen and oxygen atoms in total. The third-order valence-electron chi connectivity index (χ3n) is 5.89. The van der Waals surface area contributed by atoms with Gasteiger partial charge in [-0.3, -0.25) is 0 Å². The minimum atomic E-state index is -0.358. The Morgan fingerprint density at radius 3 is 2.11 bits per heavy atom. The van der Waals surface area contributed by atoms with Gasteiger partial charge in [-0.25, -0.2) is 0 Å². The van der Waals surface area contributed by atoms with E-state index >= 15 is 0 Å². The molecule has 0 amide bonds. The largest absolute Gasteiger partial charge is 0.388 e. The van der Waals surface area contributed by atoms with Gasteiger partial charge in [0.2, 0.25) is 0 Å². The molecular weight excluding hydrogens is 256 g/mol. The molecule has 4 bridgehead atoms. The lowest BCUT2D eigenvalue weighted by Gasteiger charge is -2.55. The van der Waals surface area contributed by atoms with Crippen LogP contribution in [0.4, 0.5) is 0 Å². The number of halogens is 1. The van der Waals surface area contributed by atoms with E-state index in [0.717, 1.165) is 34.3 Å². The van der Waals surface area contributed by atoms with Gasteiger partial charge in [-0.15, -0.1) is 0 Å². The van der Waals surface area contributed by atoms with E-state index in [2.05, 4.69) is 0 Å². The fraction of sp³-hybridized carbons (Fsp3) is 0.647. The van der Waals surface area contributed by atoms with Crippen molar-refractivity contribution in [2.24, 2.45) is 29.6 Å². The molecule has 0 radical (unpaired) electrons. The van der Waals surface area contributed by atoms with Crippen LogP contribution >= 0.6 is 11.6 Å². The van der Waals surface area contributed by atoms with E-state index in [1.807, 2.05) is 24.3 Å². The molecule has 4 saturated carbocycles. The van der Waals surface area contributed by atoms with E-state index in [4.69, 9.17) is 11.6 Å². The second-order valence-electron chi connectivity index (χ2n) is 6.97. The predicted molar refractivity (Wildman–Crippen MR) is 76.9 cm³/mol. The molecule has 2 heteroatoms. The second-order valence-corrected chi connectivity index (χ2v) is 7.38. The zero-order chi connectivity index (χ0) is 13.0. The quantitative estimate of drug-likeness (QED) is 0.846. The lowest BCUT2D eigenvalue weighted by atomic mass is 9.50. The summed E-state index contributed by atoms with van der Waals surface area (Å²) in [4.78, 5) is 0. The first-order valence-electron chi connectivity index (χ1n) is 7.65. The van der Waals surface area contributed by atoms with Crippen LogP contribution in [0.1, 0.15) is 43.8 Å². The van der Waals surface area contributed by atoms with Crippen molar-refractivity contribution in [2.45, 2.75) is 38.2 Å². The number of aliphatic hydroxyl groups excluding tert-OH is 1. The summed E-state index contributed by atoms with van der Waals surface area (Å²) in [6.07, 6.45) is 6.49. The lowest BCUT2D eigenvalue weighted by molar-refractivity contribution is -0.0907. The fourth-order valence-electron chi connectivity index (χ4n) is 5.41. The van der Waals surface area contributed by atoms with Gasteiger partial charge in [-0.05, 0) is 73.3 Å². The van der Waals surface area contributed by atoms with Gasteiger partial charge in [0.25, 0.3) is 0 Å². The first kappa shape index (κ1) is 12.2. The molecule has 19 heavy (non-hydrogen) atoms. The molecule has 0 aromatic heterocycles. The number of aliphatic hydroxyl groups is 1. The number of rotatable bonds is 2. The predicted octanol–water partition coefficient (Wildman–Crippen LogP) is 4.45. The highest BCUT2D eigenvalue weighted by Gasteiger charge is 2.50. The molecule has 1 unspecified atom stereocenters. The van der Waals surface area contributed by atoms with Crippen LogP contribution < -0.4 is 0 Å². The van der Waals surface area contributed by atoms with Gasteiger partial charge in [0.15, 0.2) is 0 Å². The topological polar surface area (TPSA) is 20.2 Å². The summed E-state index contributed by atoms with van der Waals surface area (Å²) in [6, 6.07) is 7.82. The number of hydrogen-bond donors (Lipinski definition) is 1. The van der Waals surface area contributed by atoms with Gasteiger partial charge in [-0.2, -0.15) is 0 Å². The highest BCUT2D eigenvalue weighted by molar-refractivity contribution is 6.31. The molecule has 4 aliphatic rings. The van der Waals surface area contributed by atoms with Crippen LogP contribution in [-0.4, -0.2) is 5.11 Å². The van der Waals surface area contributed by atoms with Crippen molar-refractivity contribution < 1.29 is 5.11 Å². The minimum Gasteiger partial charge on any atom is -0.388 e. The lowest BCUT2D eigenvalue weighted by Crippen LogP contribution is -2.47. The SMILES string of the molecule is OC(c1ccccc1Cl)C1C2CC3CC(C2)CC1C3. The Morgan fingerprint density at radius 1 is 0.947 bits per heavy atom. The molecule has 1 atom stereocenters. The third-order valence-corrected chi connectivity index (χ3v) is 6.23. The van der Waals surface area contributed by atoms with Crippen LogP contribution in [0.25, 0.3) is 0 Å². The summed E-state index contributed by atoms with van der Waals surface area (Å²) in [7, 11) is 0. The normalized spacial score (nSPS) is 41.5. The highest BCUT2D eigenvalue weighted by atomic mass is 35.5. The van der Waals surface area contributed by atoms with Gasteiger partial charge in [-0.1, -0.05) is 29.8 Å². The summed E-state index contributed by atoms with van der Waals surface area (Å²) in [6.45, 7) is 0. The van der Waals surface area contributed by atoms with Gasteiger partial charge in [0, 0.05) is 5.02 Å². The summed E-state index contributed by atoms with van der Waals surface area (Å²) < 4.78 is 0. The first-order valence-corrected chi connectivity index (χ1v) is 8.02. The van der Waals surface area contributed by atoms with Crippen LogP contribution in [0, 0.1) is 29.6 Å². The van der Waals surface area contributed by atoms with E-state index in [-0.39, 0.29) is 6.10 Å². The Labute approximate surface area is 120 Å². The van der Waals surface area contributed by atoms with Gasteiger partial charge in [0.1, 0.15) is 0 Å². The van der Waals surface area contributed by atoms with Crippen LogP contribution in [0.15, 0.2) is 24.3 Å². The van der Waals surface area contributed by atoms with Crippen LogP contribution in [0.3, 0.4) is 0 Å². The van der Waals surface area contributed by atoms with E-state index in [1.165, 1.54) is 32.1 Å². The Hall–Kier alpha value is -0.530. The Kier molecular flexibility index (Phi) is 2.89. The first-order chi connectivity index (χ1) is 9.22. The fourth-order valence-corrected chi connectivity index (χ4v) is 5.65. The maximum Gasteiger partial charge on any atom is 0.0837 e. The average Bonchev–Trinajstić information content (AvgIpc) is 2.37. The molecule has 4 aliphatic carbocycles. The molecule has 0 heterocycles. The highest BCUT2D eigenvalue weighted by Crippen LogP contribution is 2.59. The Balaban J connectivity index is 1.64. The zero-order valence-electron chi connectivity index (χ0n) is 11.1. The van der Waals surface area contributed by atoms with Crippen LogP contribution in [0.2, 0.25) is 5.02 Å². The molecule has 5 rings (SSSR count). The van der Waals surface area contributed by atoms with E-state index in [1.54, 1.807) is 0 Å². The molecule has 102 valence electrons. The second kappa shape index (κ2) is 4.49. The minimum absolute atomic E-state index is 0.358. The van der Waals surface area contributed by atoms with Crippen molar-refractivity contribution >= 4 is 11.6 Å². The molecule has 0 aliphatic heterocycles. The van der Waals surface area contributed by atoms with Crippen molar-refractivity contribution in [1.82, 2.24) is 0 Å². The Morgan fingerprint density at radius 2 is 1.53 bits per heavy atom. The standard InChI is InChI=1S/C17H21ClO/c18-15-4-2-1-3-14(15)17(19)16-12-6-10-5-11(8-12)9-13(16)7-10/h1-4,10-13,16-17,19H,5-9H2. The van der Waals surface area contributed by atoms with Crippen LogP contribution in [0.5, 0.6) is 0 Å². The summed E-state index contributed by atoms with van der Waals surface area (Å²) in [5.74, 6) is 3.84. The van der Waals surface area contributed by atoms with Crippen molar-refractivity contribution in [3.8, 4) is 0 Å². The molecule has 4 fully saturated rings. The van der Waals surface area contributed by atoms with E-state index in [9.17, 15) is 5.11 Å². The van der Waals surface area contributed by atoms with Crippen molar-refractivity contribution in [3.05, 3.63) is 34.9 Å². The molecule has 1 N–H and O–H groups in total. The van der Waals surface area contributed by atoms with Crippen molar-refractivity contribution in [2.75, 3.05) is 0 Å². The molecular formula is C17H21ClO. The number of hydrogen-bond acceptors (Lipinski definition) is 1. The monoisotopic (exact) mass is 276 g/mol. The van der Waals surface area contributed by atoms with E-state index < -0.39 is 0 Å². The zero-order valence-corrected chi connectivity index (χ0v) is 11.9. The summed E-state index contributed by atoms with van der Waals surface area (Å²) >= 11 is 6.27. The van der Waals surface area contributed by atoms with Crippen molar-refractivity contribution in [3.63, 3.8) is 0 Å². The number of benzene rings is 1. The smallest absolute Gasteiger partial charge is 0.0837 e. The van der Waals surface area contributed by atoms with Gasteiger partial charge < -0.3 is 5.11 Å². The molecule has 0 saturated heterocycles. The average molecular weight is 277 g/mol.